The molecule has 1 atom stereocenters. The van der Waals surface area contributed by atoms with Crippen LogP contribution in [0.15, 0.2) is 53.4 Å². The lowest BCUT2D eigenvalue weighted by Crippen LogP contribution is -2.51. The molecule has 0 unspecified atom stereocenters. The molecule has 146 valence electrons. The molecule has 1 heterocycles. The highest BCUT2D eigenvalue weighted by Crippen LogP contribution is 2.39. The number of sulfonamides is 1. The molecule has 0 saturated carbocycles. The summed E-state index contributed by atoms with van der Waals surface area (Å²) in [5.74, 6) is 0.523. The second-order valence-corrected chi connectivity index (χ2v) is 7.62. The number of ether oxygens (including phenoxy) is 2. The number of halogens is 3. The van der Waals surface area contributed by atoms with Crippen LogP contribution in [0.2, 0.25) is 0 Å². The zero-order valence-electron chi connectivity index (χ0n) is 13.9. The molecule has 0 aliphatic carbocycles. The number of benzene rings is 2. The van der Waals surface area contributed by atoms with E-state index in [0.29, 0.717) is 12.4 Å². The van der Waals surface area contributed by atoms with Crippen molar-refractivity contribution in [3.63, 3.8) is 0 Å². The molecule has 0 aromatic heterocycles. The van der Waals surface area contributed by atoms with Crippen molar-refractivity contribution in [1.82, 2.24) is 4.72 Å². The topological polar surface area (TPSA) is 84.9 Å². The second kappa shape index (κ2) is 7.02. The highest BCUT2D eigenvalue weighted by molar-refractivity contribution is 7.89. The third-order valence-electron chi connectivity index (χ3n) is 4.06. The van der Waals surface area contributed by atoms with Gasteiger partial charge in [-0.05, 0) is 17.7 Å². The fourth-order valence-corrected chi connectivity index (χ4v) is 3.63. The Morgan fingerprint density at radius 1 is 1.00 bits per heavy atom. The Morgan fingerprint density at radius 3 is 2.26 bits per heavy atom. The number of rotatable bonds is 5. The zero-order chi connectivity index (χ0) is 19.7. The standard InChI is InChI=1S/C17H16F3NO5S/c18-17(19,20)16(22,12-4-2-1-3-5-12)11-21-27(23,24)13-6-7-14-15(10-13)26-9-8-25-14/h1-7,10,21-22H,8-9,11H2/t16-/m0/s1. The van der Waals surface area contributed by atoms with Crippen LogP contribution in [0, 0.1) is 0 Å². The van der Waals surface area contributed by atoms with E-state index in [2.05, 4.69) is 0 Å². The Hall–Kier alpha value is -2.30. The highest BCUT2D eigenvalue weighted by atomic mass is 32.2. The number of alkyl halides is 3. The Bertz CT molecular complexity index is 918. The molecule has 0 fully saturated rings. The monoisotopic (exact) mass is 403 g/mol. The van der Waals surface area contributed by atoms with Crippen molar-refractivity contribution in [1.29, 1.82) is 0 Å². The van der Waals surface area contributed by atoms with Gasteiger partial charge < -0.3 is 14.6 Å². The maximum atomic E-state index is 13.5. The van der Waals surface area contributed by atoms with Gasteiger partial charge in [-0.1, -0.05) is 30.3 Å². The van der Waals surface area contributed by atoms with E-state index in [1.54, 1.807) is 0 Å². The molecule has 1 aliphatic rings. The van der Waals surface area contributed by atoms with Crippen LogP contribution in [0.5, 0.6) is 11.5 Å². The molecule has 2 aromatic rings. The summed E-state index contributed by atoms with van der Waals surface area (Å²) in [4.78, 5) is -0.302. The van der Waals surface area contributed by atoms with Crippen LogP contribution in [0.25, 0.3) is 0 Å². The van der Waals surface area contributed by atoms with E-state index in [9.17, 15) is 26.7 Å². The van der Waals surface area contributed by atoms with Crippen LogP contribution < -0.4 is 14.2 Å². The maximum Gasteiger partial charge on any atom is 0.422 e. The van der Waals surface area contributed by atoms with E-state index in [1.165, 1.54) is 30.3 Å². The van der Waals surface area contributed by atoms with E-state index >= 15 is 0 Å². The first-order valence-electron chi connectivity index (χ1n) is 7.87. The van der Waals surface area contributed by atoms with Gasteiger partial charge in [0.25, 0.3) is 0 Å². The summed E-state index contributed by atoms with van der Waals surface area (Å²) in [5.41, 5.74) is -3.85. The molecule has 0 bridgehead atoms. The van der Waals surface area contributed by atoms with E-state index in [0.717, 1.165) is 18.2 Å². The SMILES string of the molecule is O=S(=O)(NC[C@](O)(c1ccccc1)C(F)(F)F)c1ccc2c(c1)OCCO2. The van der Waals surface area contributed by atoms with Crippen LogP contribution in [0.1, 0.15) is 5.56 Å². The van der Waals surface area contributed by atoms with Crippen LogP contribution in [0.3, 0.4) is 0 Å². The van der Waals surface area contributed by atoms with Gasteiger partial charge in [-0.2, -0.15) is 13.2 Å². The molecule has 10 heteroatoms. The lowest BCUT2D eigenvalue weighted by molar-refractivity contribution is -0.263. The number of fused-ring (bicyclic) bond motifs is 1. The smallest absolute Gasteiger partial charge is 0.422 e. The van der Waals surface area contributed by atoms with Crippen LogP contribution >= 0.6 is 0 Å². The molecule has 0 amide bonds. The summed E-state index contributed by atoms with van der Waals surface area (Å²) in [7, 11) is -4.34. The van der Waals surface area contributed by atoms with Gasteiger partial charge in [-0.3, -0.25) is 0 Å². The summed E-state index contributed by atoms with van der Waals surface area (Å²) in [6.45, 7) is -0.740. The molecule has 1 aliphatic heterocycles. The van der Waals surface area contributed by atoms with Crippen molar-refractivity contribution in [3.05, 3.63) is 54.1 Å². The average Bonchev–Trinajstić information content (AvgIpc) is 2.65. The summed E-state index contributed by atoms with van der Waals surface area (Å²) in [6, 6.07) is 9.98. The van der Waals surface area contributed by atoms with E-state index < -0.39 is 33.9 Å². The highest BCUT2D eigenvalue weighted by Gasteiger charge is 2.55. The summed E-state index contributed by atoms with van der Waals surface area (Å²) in [6.07, 6.45) is -5.09. The average molecular weight is 403 g/mol. The predicted molar refractivity (Wildman–Crippen MR) is 89.0 cm³/mol. The molecule has 2 N–H and O–H groups in total. The van der Waals surface area contributed by atoms with E-state index in [1.807, 2.05) is 4.72 Å². The molecule has 3 rings (SSSR count). The Balaban J connectivity index is 1.87. The molecule has 2 aromatic carbocycles. The van der Waals surface area contributed by atoms with Gasteiger partial charge in [-0.25, -0.2) is 13.1 Å². The van der Waals surface area contributed by atoms with Crippen molar-refractivity contribution in [2.75, 3.05) is 19.8 Å². The van der Waals surface area contributed by atoms with Crippen molar-refractivity contribution in [2.24, 2.45) is 0 Å². The third-order valence-corrected chi connectivity index (χ3v) is 5.46. The third kappa shape index (κ3) is 3.87. The fourth-order valence-electron chi connectivity index (χ4n) is 2.55. The maximum absolute atomic E-state index is 13.5. The minimum Gasteiger partial charge on any atom is -0.486 e. The normalized spacial score (nSPS) is 16.6. The van der Waals surface area contributed by atoms with E-state index in [-0.39, 0.29) is 17.3 Å². The van der Waals surface area contributed by atoms with Crippen LogP contribution in [-0.4, -0.2) is 39.5 Å². The van der Waals surface area contributed by atoms with Crippen LogP contribution in [-0.2, 0) is 15.6 Å². The van der Waals surface area contributed by atoms with Gasteiger partial charge in [0.05, 0.1) is 11.4 Å². The predicted octanol–water partition coefficient (Wildman–Crippen LogP) is 2.19. The van der Waals surface area contributed by atoms with Gasteiger partial charge in [0.1, 0.15) is 13.2 Å². The Morgan fingerprint density at radius 2 is 1.63 bits per heavy atom. The zero-order valence-corrected chi connectivity index (χ0v) is 14.7. The molecule has 0 spiro atoms. The molecule has 27 heavy (non-hydrogen) atoms. The first kappa shape index (κ1) is 19.5. The summed E-state index contributed by atoms with van der Waals surface area (Å²) in [5, 5.41) is 10.2. The first-order valence-corrected chi connectivity index (χ1v) is 9.36. The first-order chi connectivity index (χ1) is 12.6. The number of nitrogens with one attached hydrogen (secondary N) is 1. The molecule has 0 radical (unpaired) electrons. The quantitative estimate of drug-likeness (QED) is 0.800. The van der Waals surface area contributed by atoms with Crippen LogP contribution in [0.4, 0.5) is 13.2 Å². The fraction of sp³-hybridized carbons (Fsp3) is 0.294. The van der Waals surface area contributed by atoms with Gasteiger partial charge >= 0.3 is 6.18 Å². The second-order valence-electron chi connectivity index (χ2n) is 5.85. The minimum absolute atomic E-state index is 0.179. The number of hydrogen-bond acceptors (Lipinski definition) is 5. The van der Waals surface area contributed by atoms with Gasteiger partial charge in [-0.15, -0.1) is 0 Å². The molecule has 6 nitrogen and oxygen atoms in total. The van der Waals surface area contributed by atoms with Crippen molar-refractivity contribution < 1.29 is 36.2 Å². The van der Waals surface area contributed by atoms with Gasteiger partial charge in [0, 0.05) is 6.07 Å². The summed E-state index contributed by atoms with van der Waals surface area (Å²) < 4.78 is 77.7. The largest absolute Gasteiger partial charge is 0.486 e. The van der Waals surface area contributed by atoms with Gasteiger partial charge in [0.15, 0.2) is 17.1 Å². The minimum atomic E-state index is -5.09. The lowest BCUT2D eigenvalue weighted by atomic mass is 9.93. The van der Waals surface area contributed by atoms with Crippen molar-refractivity contribution >= 4 is 10.0 Å². The Labute approximate surface area is 153 Å². The summed E-state index contributed by atoms with van der Waals surface area (Å²) >= 11 is 0. The molecule has 0 saturated heterocycles. The molecular weight excluding hydrogens is 387 g/mol. The van der Waals surface area contributed by atoms with Crippen molar-refractivity contribution in [3.8, 4) is 11.5 Å². The Kier molecular flexibility index (Phi) is 5.06. The lowest BCUT2D eigenvalue weighted by Gasteiger charge is -2.31. The number of aliphatic hydroxyl groups is 1. The molecular formula is C17H16F3NO5S. The van der Waals surface area contributed by atoms with Gasteiger partial charge in [0.2, 0.25) is 10.0 Å². The van der Waals surface area contributed by atoms with E-state index in [4.69, 9.17) is 9.47 Å². The number of hydrogen-bond donors (Lipinski definition) is 2. The van der Waals surface area contributed by atoms with Crippen molar-refractivity contribution in [2.45, 2.75) is 16.7 Å².